The summed E-state index contributed by atoms with van der Waals surface area (Å²) in [7, 11) is 0. The van der Waals surface area contributed by atoms with Crippen molar-refractivity contribution in [1.29, 1.82) is 0 Å². The van der Waals surface area contributed by atoms with Gasteiger partial charge in [-0.2, -0.15) is 0 Å². The van der Waals surface area contributed by atoms with Gasteiger partial charge in [0.25, 0.3) is 17.4 Å². The van der Waals surface area contributed by atoms with Gasteiger partial charge in [0.2, 0.25) is 0 Å². The van der Waals surface area contributed by atoms with E-state index in [1.54, 1.807) is 36.4 Å². The van der Waals surface area contributed by atoms with E-state index in [1.165, 1.54) is 6.26 Å². The third kappa shape index (κ3) is 2.44. The number of nitrogen functional groups attached to an aromatic ring is 1. The number of aromatic nitrogens is 1. The number of para-hydroxylation sites is 2. The number of anilines is 1. The highest BCUT2D eigenvalue weighted by Crippen LogP contribution is 2.28. The lowest BCUT2D eigenvalue weighted by Gasteiger charge is -2.15. The molecule has 2 amide bonds. The minimum absolute atomic E-state index is 0.0181. The van der Waals surface area contributed by atoms with E-state index >= 15 is 0 Å². The molecule has 1 aromatic carbocycles. The van der Waals surface area contributed by atoms with Crippen molar-refractivity contribution in [2.45, 2.75) is 6.61 Å². The number of imide groups is 1. The van der Waals surface area contributed by atoms with Gasteiger partial charge in [0.05, 0.1) is 23.1 Å². The summed E-state index contributed by atoms with van der Waals surface area (Å²) in [6.07, 6.45) is 1.53. The van der Waals surface area contributed by atoms with Crippen LogP contribution in [0, 0.1) is 0 Å². The highest BCUT2D eigenvalue weighted by molar-refractivity contribution is 6.23. The number of ether oxygens (including phenoxy) is 1. The van der Waals surface area contributed by atoms with Gasteiger partial charge >= 0.3 is 0 Å². The van der Waals surface area contributed by atoms with Gasteiger partial charge in [-0.1, -0.05) is 12.1 Å². The number of amides is 2. The predicted octanol–water partition coefficient (Wildman–Crippen LogP) is 1.48. The van der Waals surface area contributed by atoms with Crippen molar-refractivity contribution in [3.8, 4) is 11.4 Å². The van der Waals surface area contributed by atoms with E-state index in [0.717, 1.165) is 10.6 Å². The minimum atomic E-state index is -0.636. The Labute approximate surface area is 146 Å². The molecule has 0 aliphatic carbocycles. The van der Waals surface area contributed by atoms with Crippen molar-refractivity contribution in [2.75, 3.05) is 5.73 Å². The SMILES string of the molecule is Nc1c2c(cc(=O)n1-c1ccccc1OCc1ccco1)C(=O)NC2=O. The second-order valence-corrected chi connectivity index (χ2v) is 5.61. The van der Waals surface area contributed by atoms with E-state index in [-0.39, 0.29) is 23.6 Å². The number of carbonyl (C=O) groups excluding carboxylic acids is 2. The normalized spacial score (nSPS) is 12.8. The van der Waals surface area contributed by atoms with Gasteiger partial charge in [-0.15, -0.1) is 0 Å². The van der Waals surface area contributed by atoms with E-state index in [1.807, 2.05) is 0 Å². The molecule has 130 valence electrons. The van der Waals surface area contributed by atoms with Crippen LogP contribution in [0.1, 0.15) is 26.5 Å². The Hall–Kier alpha value is -3.81. The van der Waals surface area contributed by atoms with Crippen LogP contribution in [0.3, 0.4) is 0 Å². The summed E-state index contributed by atoms with van der Waals surface area (Å²) in [5.74, 6) is -0.403. The number of nitrogens with two attached hydrogens (primary N) is 1. The van der Waals surface area contributed by atoms with Gasteiger partial charge in [0, 0.05) is 6.07 Å². The molecule has 0 saturated heterocycles. The Morgan fingerprint density at radius 1 is 1.08 bits per heavy atom. The highest BCUT2D eigenvalue weighted by Gasteiger charge is 2.32. The summed E-state index contributed by atoms with van der Waals surface area (Å²) in [4.78, 5) is 36.3. The summed E-state index contributed by atoms with van der Waals surface area (Å²) < 4.78 is 12.1. The van der Waals surface area contributed by atoms with Gasteiger partial charge in [0.15, 0.2) is 0 Å². The second kappa shape index (κ2) is 5.92. The zero-order valence-corrected chi connectivity index (χ0v) is 13.4. The van der Waals surface area contributed by atoms with Crippen molar-refractivity contribution in [3.63, 3.8) is 0 Å². The zero-order chi connectivity index (χ0) is 18.3. The van der Waals surface area contributed by atoms with Gasteiger partial charge < -0.3 is 14.9 Å². The Morgan fingerprint density at radius 2 is 1.88 bits per heavy atom. The summed E-state index contributed by atoms with van der Waals surface area (Å²) >= 11 is 0. The van der Waals surface area contributed by atoms with Gasteiger partial charge in [-0.25, -0.2) is 0 Å². The van der Waals surface area contributed by atoms with Crippen molar-refractivity contribution in [2.24, 2.45) is 0 Å². The van der Waals surface area contributed by atoms with Crippen LogP contribution in [0.4, 0.5) is 5.82 Å². The first-order valence-electron chi connectivity index (χ1n) is 7.72. The first-order valence-corrected chi connectivity index (χ1v) is 7.72. The third-order valence-electron chi connectivity index (χ3n) is 4.01. The van der Waals surface area contributed by atoms with Crippen LogP contribution in [0.25, 0.3) is 5.69 Å². The lowest BCUT2D eigenvalue weighted by atomic mass is 10.1. The fourth-order valence-corrected chi connectivity index (χ4v) is 2.84. The molecule has 3 N–H and O–H groups in total. The van der Waals surface area contributed by atoms with Crippen molar-refractivity contribution >= 4 is 17.6 Å². The number of furan rings is 1. The smallest absolute Gasteiger partial charge is 0.262 e. The molecule has 0 saturated carbocycles. The number of nitrogens with zero attached hydrogens (tertiary/aromatic N) is 1. The molecule has 0 radical (unpaired) electrons. The lowest BCUT2D eigenvalue weighted by molar-refractivity contribution is 0.0880. The quantitative estimate of drug-likeness (QED) is 0.688. The van der Waals surface area contributed by atoms with Crippen LogP contribution in [0.5, 0.6) is 5.75 Å². The summed E-state index contributed by atoms with van der Waals surface area (Å²) in [5.41, 5.74) is 5.83. The number of pyridine rings is 1. The Bertz CT molecular complexity index is 1080. The number of hydrogen-bond donors (Lipinski definition) is 2. The fourth-order valence-electron chi connectivity index (χ4n) is 2.84. The Morgan fingerprint density at radius 3 is 2.65 bits per heavy atom. The first-order chi connectivity index (χ1) is 12.6. The van der Waals surface area contributed by atoms with Gasteiger partial charge in [-0.05, 0) is 24.3 Å². The molecule has 0 atom stereocenters. The molecule has 8 nitrogen and oxygen atoms in total. The molecule has 0 fully saturated rings. The van der Waals surface area contributed by atoms with E-state index in [9.17, 15) is 14.4 Å². The van der Waals surface area contributed by atoms with Gasteiger partial charge in [-0.3, -0.25) is 24.3 Å². The maximum atomic E-state index is 12.6. The zero-order valence-electron chi connectivity index (χ0n) is 13.4. The van der Waals surface area contributed by atoms with E-state index < -0.39 is 17.4 Å². The molecular weight excluding hydrogens is 338 g/mol. The number of carbonyl (C=O) groups is 2. The van der Waals surface area contributed by atoms with Crippen LogP contribution >= 0.6 is 0 Å². The molecule has 2 aromatic heterocycles. The van der Waals surface area contributed by atoms with Crippen molar-refractivity contribution in [1.82, 2.24) is 9.88 Å². The Kier molecular flexibility index (Phi) is 3.58. The molecule has 26 heavy (non-hydrogen) atoms. The fraction of sp³-hybridized carbons (Fsp3) is 0.0556. The second-order valence-electron chi connectivity index (χ2n) is 5.61. The molecule has 3 aromatic rings. The van der Waals surface area contributed by atoms with Crippen molar-refractivity contribution in [3.05, 3.63) is 76.0 Å². The van der Waals surface area contributed by atoms with E-state index in [4.69, 9.17) is 14.9 Å². The van der Waals surface area contributed by atoms with Gasteiger partial charge in [0.1, 0.15) is 23.9 Å². The summed E-state index contributed by atoms with van der Waals surface area (Å²) in [6.45, 7) is 0.155. The number of fused-ring (bicyclic) bond motifs is 1. The van der Waals surface area contributed by atoms with Crippen LogP contribution in [0.2, 0.25) is 0 Å². The van der Waals surface area contributed by atoms with Crippen LogP contribution in [-0.4, -0.2) is 16.4 Å². The van der Waals surface area contributed by atoms with Crippen molar-refractivity contribution < 1.29 is 18.7 Å². The number of nitrogens with one attached hydrogen (secondary N) is 1. The molecule has 4 rings (SSSR count). The molecule has 0 unspecified atom stereocenters. The topological polar surface area (TPSA) is 117 Å². The molecule has 0 bridgehead atoms. The standard InChI is InChI=1S/C18H13N3O5/c19-16-15-11(17(23)20-18(15)24)8-14(22)21(16)12-5-1-2-6-13(12)26-9-10-4-3-7-25-10/h1-8H,9,19H2,(H,20,23,24). The minimum Gasteiger partial charge on any atom is -0.483 e. The average Bonchev–Trinajstić information content (AvgIpc) is 3.22. The van der Waals surface area contributed by atoms with E-state index in [0.29, 0.717) is 17.2 Å². The number of hydrogen-bond acceptors (Lipinski definition) is 6. The maximum Gasteiger partial charge on any atom is 0.262 e. The number of rotatable bonds is 4. The molecule has 0 spiro atoms. The van der Waals surface area contributed by atoms with Crippen LogP contribution in [-0.2, 0) is 6.61 Å². The molecule has 1 aliphatic heterocycles. The Balaban J connectivity index is 1.82. The summed E-state index contributed by atoms with van der Waals surface area (Å²) in [6, 6.07) is 11.3. The van der Waals surface area contributed by atoms with Crippen LogP contribution in [0.15, 0.2) is 57.9 Å². The molecule has 1 aliphatic rings. The third-order valence-corrected chi connectivity index (χ3v) is 4.01. The lowest BCUT2D eigenvalue weighted by Crippen LogP contribution is -2.24. The highest BCUT2D eigenvalue weighted by atomic mass is 16.5. The summed E-state index contributed by atoms with van der Waals surface area (Å²) in [5, 5.41) is 2.13. The largest absolute Gasteiger partial charge is 0.483 e. The van der Waals surface area contributed by atoms with Crippen LogP contribution < -0.4 is 21.3 Å². The molecule has 3 heterocycles. The average molecular weight is 351 g/mol. The molecule has 8 heteroatoms. The monoisotopic (exact) mass is 351 g/mol. The predicted molar refractivity (Wildman–Crippen MR) is 91.3 cm³/mol. The maximum absolute atomic E-state index is 12.6. The number of benzene rings is 1. The first kappa shape index (κ1) is 15.7. The molecular formula is C18H13N3O5. The van der Waals surface area contributed by atoms with E-state index in [2.05, 4.69) is 5.32 Å².